The van der Waals surface area contributed by atoms with Crippen LogP contribution in [0.25, 0.3) is 0 Å². The number of carbonyl (C=O) groups excluding carboxylic acids is 1. The van der Waals surface area contributed by atoms with Crippen molar-refractivity contribution in [2.24, 2.45) is 0 Å². The molecule has 1 atom stereocenters. The number of aromatic nitrogens is 1. The minimum atomic E-state index is -0.314. The number of pyridine rings is 1. The van der Waals surface area contributed by atoms with Crippen LogP contribution in [0.4, 0.5) is 5.69 Å². The van der Waals surface area contributed by atoms with Gasteiger partial charge in [0.15, 0.2) is 0 Å². The summed E-state index contributed by atoms with van der Waals surface area (Å²) in [6, 6.07) is 8.71. The Balaban J connectivity index is 2.17. The highest BCUT2D eigenvalue weighted by atomic mass is 79.9. The Hall–Kier alpha value is -1.79. The SMILES string of the molecule is COc1ccc([C@@H](C)NC(=O)c2cc(Cl)nc(Br)c2N)cc1. The molecule has 0 aliphatic heterocycles. The summed E-state index contributed by atoms with van der Waals surface area (Å²) in [5.41, 5.74) is 7.35. The molecule has 116 valence electrons. The van der Waals surface area contributed by atoms with Gasteiger partial charge in [0.1, 0.15) is 15.5 Å². The van der Waals surface area contributed by atoms with Crippen LogP contribution in [0.15, 0.2) is 34.9 Å². The molecule has 0 bridgehead atoms. The van der Waals surface area contributed by atoms with E-state index in [9.17, 15) is 4.79 Å². The van der Waals surface area contributed by atoms with E-state index in [0.29, 0.717) is 4.60 Å². The van der Waals surface area contributed by atoms with Crippen LogP contribution in [-0.4, -0.2) is 18.0 Å². The van der Waals surface area contributed by atoms with Crippen molar-refractivity contribution < 1.29 is 9.53 Å². The molecule has 3 N–H and O–H groups in total. The Kier molecular flexibility index (Phi) is 5.26. The van der Waals surface area contributed by atoms with Crippen LogP contribution in [0.5, 0.6) is 5.75 Å². The molecule has 1 aromatic carbocycles. The van der Waals surface area contributed by atoms with Gasteiger partial charge in [0.2, 0.25) is 0 Å². The van der Waals surface area contributed by atoms with Gasteiger partial charge in [-0.1, -0.05) is 23.7 Å². The van der Waals surface area contributed by atoms with Crippen LogP contribution >= 0.6 is 27.5 Å². The smallest absolute Gasteiger partial charge is 0.254 e. The van der Waals surface area contributed by atoms with Crippen LogP contribution < -0.4 is 15.8 Å². The van der Waals surface area contributed by atoms with Gasteiger partial charge in [0, 0.05) is 0 Å². The summed E-state index contributed by atoms with van der Waals surface area (Å²) in [4.78, 5) is 16.3. The number of hydrogen-bond acceptors (Lipinski definition) is 4. The van der Waals surface area contributed by atoms with Crippen molar-refractivity contribution >= 4 is 39.1 Å². The first-order valence-corrected chi connectivity index (χ1v) is 7.65. The Labute approximate surface area is 142 Å². The van der Waals surface area contributed by atoms with Gasteiger partial charge in [0.05, 0.1) is 24.4 Å². The van der Waals surface area contributed by atoms with Crippen LogP contribution in [0.3, 0.4) is 0 Å². The highest BCUT2D eigenvalue weighted by molar-refractivity contribution is 9.10. The summed E-state index contributed by atoms with van der Waals surface area (Å²) in [6.07, 6.45) is 0. The Morgan fingerprint density at radius 3 is 2.64 bits per heavy atom. The first kappa shape index (κ1) is 16.6. The van der Waals surface area contributed by atoms with Gasteiger partial charge >= 0.3 is 0 Å². The lowest BCUT2D eigenvalue weighted by Crippen LogP contribution is -2.27. The average Bonchev–Trinajstić information content (AvgIpc) is 2.50. The maximum absolute atomic E-state index is 12.4. The molecule has 0 aliphatic rings. The zero-order valence-electron chi connectivity index (χ0n) is 12.1. The molecule has 2 rings (SSSR count). The molecule has 0 saturated carbocycles. The molecule has 0 fully saturated rings. The van der Waals surface area contributed by atoms with Gasteiger partial charge in [0.25, 0.3) is 5.91 Å². The molecule has 0 aliphatic carbocycles. The molecule has 0 unspecified atom stereocenters. The van der Waals surface area contributed by atoms with E-state index < -0.39 is 0 Å². The van der Waals surface area contributed by atoms with E-state index in [1.54, 1.807) is 7.11 Å². The van der Waals surface area contributed by atoms with Crippen molar-refractivity contribution in [1.29, 1.82) is 0 Å². The maximum atomic E-state index is 12.4. The Bertz CT molecular complexity index is 692. The molecule has 22 heavy (non-hydrogen) atoms. The number of halogens is 2. The summed E-state index contributed by atoms with van der Waals surface area (Å²) in [5.74, 6) is 0.446. The topological polar surface area (TPSA) is 77.2 Å². The molecule has 7 heteroatoms. The first-order chi connectivity index (χ1) is 10.4. The molecule has 0 radical (unpaired) electrons. The van der Waals surface area contributed by atoms with Crippen molar-refractivity contribution in [3.05, 3.63) is 51.2 Å². The van der Waals surface area contributed by atoms with Crippen molar-refractivity contribution in [2.45, 2.75) is 13.0 Å². The van der Waals surface area contributed by atoms with Crippen LogP contribution in [0, 0.1) is 0 Å². The predicted octanol–water partition coefficient (Wildman–Crippen LogP) is 3.58. The third-order valence-electron chi connectivity index (χ3n) is 3.19. The van der Waals surface area contributed by atoms with Crippen LogP contribution in [0.2, 0.25) is 5.15 Å². The zero-order chi connectivity index (χ0) is 16.3. The average molecular weight is 385 g/mol. The zero-order valence-corrected chi connectivity index (χ0v) is 14.4. The Morgan fingerprint density at radius 1 is 1.41 bits per heavy atom. The summed E-state index contributed by atoms with van der Waals surface area (Å²) < 4.78 is 5.46. The van der Waals surface area contributed by atoms with E-state index in [1.807, 2.05) is 31.2 Å². The number of nitrogens with two attached hydrogens (primary N) is 1. The third-order valence-corrected chi connectivity index (χ3v) is 3.99. The third kappa shape index (κ3) is 3.69. The number of nitrogens with zero attached hydrogens (tertiary/aromatic N) is 1. The number of carbonyl (C=O) groups is 1. The number of hydrogen-bond donors (Lipinski definition) is 2. The molecular weight excluding hydrogens is 370 g/mol. The molecule has 1 heterocycles. The fourth-order valence-electron chi connectivity index (χ4n) is 1.93. The number of nitrogens with one attached hydrogen (secondary N) is 1. The maximum Gasteiger partial charge on any atom is 0.254 e. The minimum absolute atomic E-state index is 0.191. The normalized spacial score (nSPS) is 11.8. The summed E-state index contributed by atoms with van der Waals surface area (Å²) in [5, 5.41) is 3.08. The minimum Gasteiger partial charge on any atom is -0.497 e. The van der Waals surface area contributed by atoms with Crippen molar-refractivity contribution in [1.82, 2.24) is 10.3 Å². The number of rotatable bonds is 4. The summed E-state index contributed by atoms with van der Waals surface area (Å²) >= 11 is 9.04. The monoisotopic (exact) mass is 383 g/mol. The van der Waals surface area contributed by atoms with Gasteiger partial charge in [-0.3, -0.25) is 4.79 Å². The number of ether oxygens (including phenoxy) is 1. The summed E-state index contributed by atoms with van der Waals surface area (Å²) in [6.45, 7) is 1.88. The number of nitrogen functional groups attached to an aromatic ring is 1. The molecule has 0 saturated heterocycles. The fraction of sp³-hybridized carbons (Fsp3) is 0.200. The lowest BCUT2D eigenvalue weighted by atomic mass is 10.1. The highest BCUT2D eigenvalue weighted by Crippen LogP contribution is 2.25. The van der Waals surface area contributed by atoms with Gasteiger partial charge in [-0.15, -0.1) is 0 Å². The van der Waals surface area contributed by atoms with Crippen LogP contribution in [-0.2, 0) is 0 Å². The molecule has 2 aromatic rings. The van der Waals surface area contributed by atoms with E-state index in [4.69, 9.17) is 22.1 Å². The van der Waals surface area contributed by atoms with Gasteiger partial charge in [-0.25, -0.2) is 4.98 Å². The second-order valence-electron chi connectivity index (χ2n) is 4.67. The summed E-state index contributed by atoms with van der Waals surface area (Å²) in [7, 11) is 1.61. The second-order valence-corrected chi connectivity index (χ2v) is 5.80. The number of anilines is 1. The van der Waals surface area contributed by atoms with E-state index >= 15 is 0 Å². The molecule has 0 spiro atoms. The molecule has 1 aromatic heterocycles. The first-order valence-electron chi connectivity index (χ1n) is 6.48. The second kappa shape index (κ2) is 6.98. The van der Waals surface area contributed by atoms with Crippen molar-refractivity contribution in [2.75, 3.05) is 12.8 Å². The molecular formula is C15H15BrClN3O2. The highest BCUT2D eigenvalue weighted by Gasteiger charge is 2.17. The molecule has 5 nitrogen and oxygen atoms in total. The van der Waals surface area contributed by atoms with E-state index in [-0.39, 0.29) is 28.4 Å². The lowest BCUT2D eigenvalue weighted by molar-refractivity contribution is 0.0940. The molecule has 1 amide bonds. The standard InChI is InChI=1S/C15H15BrClN3O2/c1-8(9-3-5-10(22-2)6-4-9)19-15(21)11-7-12(17)20-14(16)13(11)18/h3-8H,18H2,1-2H3,(H,19,21)/t8-/m1/s1. The fourth-order valence-corrected chi connectivity index (χ4v) is 2.63. The predicted molar refractivity (Wildman–Crippen MR) is 90.2 cm³/mol. The van der Waals surface area contributed by atoms with Gasteiger partial charge in [-0.05, 0) is 46.6 Å². The van der Waals surface area contributed by atoms with E-state index in [1.165, 1.54) is 6.07 Å². The Morgan fingerprint density at radius 2 is 2.05 bits per heavy atom. The number of amides is 1. The quantitative estimate of drug-likeness (QED) is 0.790. The lowest BCUT2D eigenvalue weighted by Gasteiger charge is -2.16. The van der Waals surface area contributed by atoms with Gasteiger partial charge in [-0.2, -0.15) is 0 Å². The largest absolute Gasteiger partial charge is 0.497 e. The number of benzene rings is 1. The number of methoxy groups -OCH3 is 1. The van der Waals surface area contributed by atoms with Gasteiger partial charge < -0.3 is 15.8 Å². The van der Waals surface area contributed by atoms with Crippen molar-refractivity contribution in [3.63, 3.8) is 0 Å². The van der Waals surface area contributed by atoms with E-state index in [2.05, 4.69) is 26.2 Å². The van der Waals surface area contributed by atoms with Crippen LogP contribution in [0.1, 0.15) is 28.9 Å². The van der Waals surface area contributed by atoms with Crippen molar-refractivity contribution in [3.8, 4) is 5.75 Å². The van der Waals surface area contributed by atoms with E-state index in [0.717, 1.165) is 11.3 Å².